The molecule has 1 aliphatic heterocycles. The van der Waals surface area contributed by atoms with Gasteiger partial charge in [-0.1, -0.05) is 12.1 Å². The molecular formula is C13H13NO4. The van der Waals surface area contributed by atoms with Crippen molar-refractivity contribution >= 4 is 23.3 Å². The molecule has 0 atom stereocenters. The van der Waals surface area contributed by atoms with Crippen molar-refractivity contribution in [3.05, 3.63) is 29.3 Å². The van der Waals surface area contributed by atoms with Gasteiger partial charge in [0.1, 0.15) is 0 Å². The number of hydrogen-bond donors (Lipinski definition) is 1. The summed E-state index contributed by atoms with van der Waals surface area (Å²) in [5.74, 6) is -1.60. The normalized spacial score (nSPS) is 13.5. The van der Waals surface area contributed by atoms with Crippen LogP contribution in [0.2, 0.25) is 0 Å². The van der Waals surface area contributed by atoms with Gasteiger partial charge in [-0.05, 0) is 25.0 Å². The van der Waals surface area contributed by atoms with E-state index in [0.29, 0.717) is 29.7 Å². The highest BCUT2D eigenvalue weighted by Gasteiger charge is 2.25. The molecule has 0 aliphatic carbocycles. The minimum atomic E-state index is -0.859. The third-order valence-electron chi connectivity index (χ3n) is 2.76. The van der Waals surface area contributed by atoms with E-state index < -0.39 is 11.8 Å². The van der Waals surface area contributed by atoms with Crippen LogP contribution in [0.3, 0.4) is 0 Å². The zero-order valence-electron chi connectivity index (χ0n) is 9.99. The zero-order valence-corrected chi connectivity index (χ0v) is 9.99. The van der Waals surface area contributed by atoms with Gasteiger partial charge in [0.2, 0.25) is 5.91 Å². The van der Waals surface area contributed by atoms with Gasteiger partial charge in [0.05, 0.1) is 6.61 Å². The Balaban J connectivity index is 2.35. The first-order chi connectivity index (χ1) is 8.63. The molecule has 0 saturated heterocycles. The number of ketones is 1. The highest BCUT2D eigenvalue weighted by atomic mass is 16.5. The fourth-order valence-electron chi connectivity index (χ4n) is 1.94. The summed E-state index contributed by atoms with van der Waals surface area (Å²) < 4.78 is 4.69. The molecule has 94 valence electrons. The van der Waals surface area contributed by atoms with Crippen LogP contribution in [0.4, 0.5) is 5.69 Å². The Hall–Kier alpha value is -2.17. The lowest BCUT2D eigenvalue weighted by Gasteiger charge is -2.18. The second kappa shape index (κ2) is 5.00. The van der Waals surface area contributed by atoms with Crippen LogP contribution in [-0.4, -0.2) is 24.3 Å². The lowest BCUT2D eigenvalue weighted by atomic mass is 9.95. The van der Waals surface area contributed by atoms with E-state index in [0.717, 1.165) is 0 Å². The number of ether oxygens (including phenoxy) is 1. The van der Waals surface area contributed by atoms with Crippen LogP contribution in [0, 0.1) is 0 Å². The molecule has 1 aromatic carbocycles. The highest BCUT2D eigenvalue weighted by Crippen LogP contribution is 2.26. The Kier molecular flexibility index (Phi) is 3.41. The van der Waals surface area contributed by atoms with E-state index in [1.807, 2.05) is 0 Å². The summed E-state index contributed by atoms with van der Waals surface area (Å²) in [7, 11) is 0. The molecule has 0 radical (unpaired) electrons. The van der Waals surface area contributed by atoms with Crippen LogP contribution < -0.4 is 5.32 Å². The molecule has 1 heterocycles. The number of amides is 1. The number of carbonyl (C=O) groups is 3. The first kappa shape index (κ1) is 12.3. The molecule has 0 spiro atoms. The van der Waals surface area contributed by atoms with Crippen molar-refractivity contribution in [1.29, 1.82) is 0 Å². The van der Waals surface area contributed by atoms with Gasteiger partial charge in [0.15, 0.2) is 0 Å². The Labute approximate surface area is 104 Å². The van der Waals surface area contributed by atoms with Crippen molar-refractivity contribution in [1.82, 2.24) is 0 Å². The topological polar surface area (TPSA) is 72.5 Å². The molecule has 1 amide bonds. The smallest absolute Gasteiger partial charge is 0.379 e. The summed E-state index contributed by atoms with van der Waals surface area (Å²) >= 11 is 0. The maximum absolute atomic E-state index is 11.9. The largest absolute Gasteiger partial charge is 0.460 e. The predicted octanol–water partition coefficient (Wildman–Crippen LogP) is 1.32. The van der Waals surface area contributed by atoms with E-state index in [4.69, 9.17) is 4.74 Å². The van der Waals surface area contributed by atoms with Gasteiger partial charge in [-0.3, -0.25) is 9.59 Å². The number of anilines is 1. The van der Waals surface area contributed by atoms with E-state index in [1.54, 1.807) is 25.1 Å². The molecule has 0 bridgehead atoms. The molecule has 0 unspecified atom stereocenters. The van der Waals surface area contributed by atoms with Gasteiger partial charge >= 0.3 is 5.97 Å². The average molecular weight is 247 g/mol. The summed E-state index contributed by atoms with van der Waals surface area (Å²) in [6.45, 7) is 1.81. The predicted molar refractivity (Wildman–Crippen MR) is 64.4 cm³/mol. The van der Waals surface area contributed by atoms with E-state index in [1.165, 1.54) is 0 Å². The number of rotatable bonds is 3. The molecule has 1 aromatic rings. The first-order valence-corrected chi connectivity index (χ1v) is 5.76. The number of Topliss-reactive ketones (excluding diaryl/α,β-unsaturated/α-hetero) is 1. The van der Waals surface area contributed by atoms with Gasteiger partial charge in [0.25, 0.3) is 5.78 Å². The Morgan fingerprint density at radius 1 is 1.33 bits per heavy atom. The Morgan fingerprint density at radius 2 is 2.11 bits per heavy atom. The molecular weight excluding hydrogens is 234 g/mol. The van der Waals surface area contributed by atoms with E-state index >= 15 is 0 Å². The van der Waals surface area contributed by atoms with Crippen LogP contribution >= 0.6 is 0 Å². The van der Waals surface area contributed by atoms with Gasteiger partial charge < -0.3 is 10.1 Å². The fourth-order valence-corrected chi connectivity index (χ4v) is 1.94. The molecule has 18 heavy (non-hydrogen) atoms. The number of carbonyl (C=O) groups excluding carboxylic acids is 3. The molecule has 0 aromatic heterocycles. The third-order valence-corrected chi connectivity index (χ3v) is 2.76. The average Bonchev–Trinajstić information content (AvgIpc) is 2.37. The van der Waals surface area contributed by atoms with E-state index in [9.17, 15) is 14.4 Å². The number of esters is 1. The summed E-state index contributed by atoms with van der Waals surface area (Å²) in [6, 6.07) is 4.93. The second-order valence-electron chi connectivity index (χ2n) is 3.93. The zero-order chi connectivity index (χ0) is 13.1. The summed E-state index contributed by atoms with van der Waals surface area (Å²) in [4.78, 5) is 34.6. The summed E-state index contributed by atoms with van der Waals surface area (Å²) in [5.41, 5.74) is 1.61. The van der Waals surface area contributed by atoms with E-state index in [-0.39, 0.29) is 12.5 Å². The number of benzene rings is 1. The van der Waals surface area contributed by atoms with Gasteiger partial charge in [-0.2, -0.15) is 0 Å². The number of fused-ring (bicyclic) bond motifs is 1. The van der Waals surface area contributed by atoms with Crippen molar-refractivity contribution in [2.45, 2.75) is 19.8 Å². The Bertz CT molecular complexity index is 522. The minimum absolute atomic E-state index is 0.0803. The molecule has 0 saturated carbocycles. The lowest BCUT2D eigenvalue weighted by molar-refractivity contribution is -0.137. The lowest BCUT2D eigenvalue weighted by Crippen LogP contribution is -2.24. The summed E-state index contributed by atoms with van der Waals surface area (Å²) in [6.07, 6.45) is 0.780. The number of nitrogens with one attached hydrogen (secondary N) is 1. The monoisotopic (exact) mass is 247 g/mol. The maximum Gasteiger partial charge on any atom is 0.379 e. The van der Waals surface area contributed by atoms with Crippen LogP contribution in [0.25, 0.3) is 0 Å². The quantitative estimate of drug-likeness (QED) is 0.496. The van der Waals surface area contributed by atoms with Crippen molar-refractivity contribution in [2.24, 2.45) is 0 Å². The van der Waals surface area contributed by atoms with E-state index in [2.05, 4.69) is 5.32 Å². The van der Waals surface area contributed by atoms with Gasteiger partial charge in [-0.15, -0.1) is 0 Å². The second-order valence-corrected chi connectivity index (χ2v) is 3.93. The van der Waals surface area contributed by atoms with Crippen LogP contribution in [-0.2, 0) is 20.7 Å². The molecule has 1 N–H and O–H groups in total. The molecule has 1 aliphatic rings. The van der Waals surface area contributed by atoms with Gasteiger partial charge in [0, 0.05) is 17.7 Å². The molecule has 0 fully saturated rings. The van der Waals surface area contributed by atoms with Crippen molar-refractivity contribution in [2.75, 3.05) is 11.9 Å². The van der Waals surface area contributed by atoms with Crippen molar-refractivity contribution < 1.29 is 19.1 Å². The fraction of sp³-hybridized carbons (Fsp3) is 0.308. The van der Waals surface area contributed by atoms with Crippen molar-refractivity contribution in [3.63, 3.8) is 0 Å². The standard InChI is InChI=1S/C13H13NO4/c1-2-18-13(17)12(16)9-4-3-5-10-8(9)6-7-11(15)14-10/h3-5H,2,6-7H2,1H3,(H,14,15). The first-order valence-electron chi connectivity index (χ1n) is 5.76. The van der Waals surface area contributed by atoms with Crippen molar-refractivity contribution in [3.8, 4) is 0 Å². The molecule has 5 nitrogen and oxygen atoms in total. The van der Waals surface area contributed by atoms with Crippen LogP contribution in [0.15, 0.2) is 18.2 Å². The maximum atomic E-state index is 11.9. The van der Waals surface area contributed by atoms with Gasteiger partial charge in [-0.25, -0.2) is 4.79 Å². The van der Waals surface area contributed by atoms with Crippen LogP contribution in [0.1, 0.15) is 29.3 Å². The summed E-state index contributed by atoms with van der Waals surface area (Å²) in [5, 5.41) is 2.68. The molecule has 2 rings (SSSR count). The molecule has 5 heteroatoms. The third kappa shape index (κ3) is 2.25. The number of hydrogen-bond acceptors (Lipinski definition) is 4. The van der Waals surface area contributed by atoms with Crippen LogP contribution in [0.5, 0.6) is 0 Å². The Morgan fingerprint density at radius 3 is 2.83 bits per heavy atom. The highest BCUT2D eigenvalue weighted by molar-refractivity contribution is 6.41. The minimum Gasteiger partial charge on any atom is -0.460 e. The SMILES string of the molecule is CCOC(=O)C(=O)c1cccc2c1CCC(=O)N2.